The molecule has 15 heavy (non-hydrogen) atoms. The number of ketones is 1. The van der Waals surface area contributed by atoms with Crippen molar-refractivity contribution in [2.75, 3.05) is 0 Å². The molecular formula is C12H12BrNO. The number of benzene rings is 1. The second kappa shape index (κ2) is 5.09. The molecule has 0 spiro atoms. The highest BCUT2D eigenvalue weighted by Crippen LogP contribution is 2.26. The van der Waals surface area contributed by atoms with Crippen LogP contribution in [-0.4, -0.2) is 5.78 Å². The fourth-order valence-electron chi connectivity index (χ4n) is 1.33. The van der Waals surface area contributed by atoms with Crippen LogP contribution in [0.25, 0.3) is 0 Å². The third-order valence-corrected chi connectivity index (χ3v) is 2.92. The lowest BCUT2D eigenvalue weighted by atomic mass is 9.90. The Morgan fingerprint density at radius 2 is 2.00 bits per heavy atom. The van der Waals surface area contributed by atoms with Crippen LogP contribution in [0.2, 0.25) is 0 Å². The summed E-state index contributed by atoms with van der Waals surface area (Å²) in [7, 11) is 0. The number of nitrogens with zero attached hydrogens (tertiary/aromatic N) is 1. The van der Waals surface area contributed by atoms with Gasteiger partial charge in [-0.05, 0) is 11.6 Å². The SMILES string of the molecule is CC(C)C(=O)[C@@H](C#N)c1ccccc1Br. The average molecular weight is 266 g/mol. The highest BCUT2D eigenvalue weighted by Gasteiger charge is 2.24. The first-order valence-corrected chi connectivity index (χ1v) is 5.55. The van der Waals surface area contributed by atoms with E-state index in [0.717, 1.165) is 10.0 Å². The lowest BCUT2D eigenvalue weighted by molar-refractivity contribution is -0.122. The predicted molar refractivity (Wildman–Crippen MR) is 62.3 cm³/mol. The van der Waals surface area contributed by atoms with E-state index in [2.05, 4.69) is 22.0 Å². The molecule has 78 valence electrons. The van der Waals surface area contributed by atoms with Gasteiger partial charge in [-0.2, -0.15) is 5.26 Å². The van der Waals surface area contributed by atoms with Crippen molar-refractivity contribution in [1.82, 2.24) is 0 Å². The minimum Gasteiger partial charge on any atom is -0.298 e. The normalized spacial score (nSPS) is 12.2. The summed E-state index contributed by atoms with van der Waals surface area (Å²) in [6.45, 7) is 3.62. The second-order valence-corrected chi connectivity index (χ2v) is 4.50. The van der Waals surface area contributed by atoms with Crippen LogP contribution >= 0.6 is 15.9 Å². The van der Waals surface area contributed by atoms with E-state index in [1.54, 1.807) is 6.07 Å². The Bertz CT molecular complexity index is 406. The molecule has 1 rings (SSSR count). The molecule has 0 aliphatic carbocycles. The van der Waals surface area contributed by atoms with Crippen molar-refractivity contribution in [3.8, 4) is 6.07 Å². The maximum absolute atomic E-state index is 11.8. The molecule has 0 bridgehead atoms. The monoisotopic (exact) mass is 265 g/mol. The first-order chi connectivity index (χ1) is 7.07. The summed E-state index contributed by atoms with van der Waals surface area (Å²) in [5.74, 6) is -0.827. The van der Waals surface area contributed by atoms with E-state index in [-0.39, 0.29) is 11.7 Å². The van der Waals surface area contributed by atoms with Crippen LogP contribution in [0, 0.1) is 17.2 Å². The number of carbonyl (C=O) groups excluding carboxylic acids is 1. The lowest BCUT2D eigenvalue weighted by Gasteiger charge is -2.12. The number of hydrogen-bond acceptors (Lipinski definition) is 2. The maximum Gasteiger partial charge on any atom is 0.157 e. The van der Waals surface area contributed by atoms with Gasteiger partial charge in [0, 0.05) is 10.4 Å². The molecule has 3 heteroatoms. The Morgan fingerprint density at radius 1 is 1.40 bits per heavy atom. The van der Waals surface area contributed by atoms with Crippen LogP contribution in [-0.2, 0) is 4.79 Å². The number of carbonyl (C=O) groups is 1. The fourth-order valence-corrected chi connectivity index (χ4v) is 1.84. The summed E-state index contributed by atoms with van der Waals surface area (Å²) >= 11 is 3.35. The van der Waals surface area contributed by atoms with E-state index in [1.807, 2.05) is 32.0 Å². The van der Waals surface area contributed by atoms with E-state index in [9.17, 15) is 4.79 Å². The van der Waals surface area contributed by atoms with Gasteiger partial charge in [-0.3, -0.25) is 4.79 Å². The zero-order valence-electron chi connectivity index (χ0n) is 8.70. The van der Waals surface area contributed by atoms with Crippen LogP contribution in [0.4, 0.5) is 0 Å². The van der Waals surface area contributed by atoms with Gasteiger partial charge in [0.2, 0.25) is 0 Å². The molecule has 0 heterocycles. The number of hydrogen-bond donors (Lipinski definition) is 0. The van der Waals surface area contributed by atoms with Crippen molar-refractivity contribution in [2.24, 2.45) is 5.92 Å². The fraction of sp³-hybridized carbons (Fsp3) is 0.333. The van der Waals surface area contributed by atoms with Crippen molar-refractivity contribution in [2.45, 2.75) is 19.8 Å². The van der Waals surface area contributed by atoms with Crippen molar-refractivity contribution in [3.05, 3.63) is 34.3 Å². The van der Waals surface area contributed by atoms with Crippen molar-refractivity contribution < 1.29 is 4.79 Å². The van der Waals surface area contributed by atoms with Crippen molar-refractivity contribution in [3.63, 3.8) is 0 Å². The van der Waals surface area contributed by atoms with Gasteiger partial charge in [0.15, 0.2) is 5.78 Å². The minimum atomic E-state index is -0.666. The maximum atomic E-state index is 11.8. The first-order valence-electron chi connectivity index (χ1n) is 4.75. The molecule has 0 N–H and O–H groups in total. The summed E-state index contributed by atoms with van der Waals surface area (Å²) in [6.07, 6.45) is 0. The Kier molecular flexibility index (Phi) is 4.05. The molecule has 1 aromatic carbocycles. The minimum absolute atomic E-state index is 0.0376. The van der Waals surface area contributed by atoms with Gasteiger partial charge in [-0.25, -0.2) is 0 Å². The Hall–Kier alpha value is -1.14. The van der Waals surface area contributed by atoms with Crippen molar-refractivity contribution in [1.29, 1.82) is 5.26 Å². The summed E-state index contributed by atoms with van der Waals surface area (Å²) in [5, 5.41) is 9.03. The number of Topliss-reactive ketones (excluding diaryl/α,β-unsaturated/α-hetero) is 1. The Balaban J connectivity index is 3.10. The molecule has 0 saturated carbocycles. The van der Waals surface area contributed by atoms with E-state index >= 15 is 0 Å². The zero-order valence-corrected chi connectivity index (χ0v) is 10.3. The van der Waals surface area contributed by atoms with Crippen LogP contribution in [0.3, 0.4) is 0 Å². The third-order valence-electron chi connectivity index (χ3n) is 2.20. The molecule has 2 nitrogen and oxygen atoms in total. The zero-order chi connectivity index (χ0) is 11.4. The summed E-state index contributed by atoms with van der Waals surface area (Å²) < 4.78 is 0.811. The predicted octanol–water partition coefficient (Wildman–Crippen LogP) is 3.28. The van der Waals surface area contributed by atoms with E-state index in [1.165, 1.54) is 0 Å². The quantitative estimate of drug-likeness (QED) is 0.842. The smallest absolute Gasteiger partial charge is 0.157 e. The summed E-state index contributed by atoms with van der Waals surface area (Å²) in [6, 6.07) is 9.40. The van der Waals surface area contributed by atoms with Gasteiger partial charge in [0.1, 0.15) is 5.92 Å². The third kappa shape index (κ3) is 2.66. The lowest BCUT2D eigenvalue weighted by Crippen LogP contribution is -2.17. The molecule has 0 fully saturated rings. The molecule has 0 unspecified atom stereocenters. The second-order valence-electron chi connectivity index (χ2n) is 3.64. The molecule has 0 aromatic heterocycles. The van der Waals surface area contributed by atoms with Gasteiger partial charge in [-0.1, -0.05) is 48.0 Å². The van der Waals surface area contributed by atoms with Crippen LogP contribution < -0.4 is 0 Å². The number of nitriles is 1. The molecule has 0 aliphatic rings. The van der Waals surface area contributed by atoms with Gasteiger partial charge >= 0.3 is 0 Å². The van der Waals surface area contributed by atoms with Gasteiger partial charge in [-0.15, -0.1) is 0 Å². The van der Waals surface area contributed by atoms with Crippen molar-refractivity contribution >= 4 is 21.7 Å². The highest BCUT2D eigenvalue weighted by atomic mass is 79.9. The molecule has 0 radical (unpaired) electrons. The standard InChI is InChI=1S/C12H12BrNO/c1-8(2)12(15)10(7-14)9-5-3-4-6-11(9)13/h3-6,8,10H,1-2H3/t10-/m0/s1. The molecule has 1 atom stereocenters. The Morgan fingerprint density at radius 3 is 2.47 bits per heavy atom. The van der Waals surface area contributed by atoms with E-state index in [0.29, 0.717) is 0 Å². The topological polar surface area (TPSA) is 40.9 Å². The molecule has 1 aromatic rings. The van der Waals surface area contributed by atoms with Gasteiger partial charge in [0.25, 0.3) is 0 Å². The molecule has 0 aliphatic heterocycles. The molecule has 0 saturated heterocycles. The molecule has 0 amide bonds. The average Bonchev–Trinajstić information content (AvgIpc) is 2.21. The molecular weight excluding hydrogens is 254 g/mol. The van der Waals surface area contributed by atoms with Crippen LogP contribution in [0.15, 0.2) is 28.7 Å². The first kappa shape index (κ1) is 11.9. The summed E-state index contributed by atoms with van der Waals surface area (Å²) in [4.78, 5) is 11.8. The van der Waals surface area contributed by atoms with E-state index < -0.39 is 5.92 Å². The van der Waals surface area contributed by atoms with E-state index in [4.69, 9.17) is 5.26 Å². The van der Waals surface area contributed by atoms with Crippen LogP contribution in [0.5, 0.6) is 0 Å². The number of halogens is 1. The highest BCUT2D eigenvalue weighted by molar-refractivity contribution is 9.10. The summed E-state index contributed by atoms with van der Waals surface area (Å²) in [5.41, 5.74) is 0.749. The largest absolute Gasteiger partial charge is 0.298 e. The Labute approximate surface area is 98.0 Å². The van der Waals surface area contributed by atoms with Gasteiger partial charge in [0.05, 0.1) is 6.07 Å². The van der Waals surface area contributed by atoms with Crippen LogP contribution in [0.1, 0.15) is 25.3 Å². The number of rotatable bonds is 3. The van der Waals surface area contributed by atoms with Gasteiger partial charge < -0.3 is 0 Å².